The highest BCUT2D eigenvalue weighted by Crippen LogP contribution is 2.43. The van der Waals surface area contributed by atoms with E-state index in [1.807, 2.05) is 0 Å². The summed E-state index contributed by atoms with van der Waals surface area (Å²) < 4.78 is 0. The Morgan fingerprint density at radius 3 is 0.907 bits per heavy atom. The highest BCUT2D eigenvalue weighted by Gasteiger charge is 2.28. The standard InChI is InChI=1S/C42H27N/c1-4-10-31-19-34(16-13-28(31)7-1)37-22-40-24-38(35-17-14-29-8-2-5-11-32(29)20-35)26-42-27-39(25-41(23-37)43(40)42)36-18-15-30-9-3-6-12-33(30)21-36/h1-27H. The van der Waals surface area contributed by atoms with Crippen LogP contribution < -0.4 is 0 Å². The van der Waals surface area contributed by atoms with E-state index < -0.39 is 0 Å². The summed E-state index contributed by atoms with van der Waals surface area (Å²) >= 11 is 0. The first-order valence-corrected chi connectivity index (χ1v) is 14.8. The Balaban J connectivity index is 1.23. The van der Waals surface area contributed by atoms with E-state index in [1.165, 1.54) is 82.8 Å². The maximum Gasteiger partial charge on any atom is 0.0474 e. The minimum atomic E-state index is 1.19. The van der Waals surface area contributed by atoms with Crippen molar-refractivity contribution in [3.05, 3.63) is 198 Å². The number of hydrogen-bond donors (Lipinski definition) is 0. The number of hydrogen-bond acceptors (Lipinski definition) is 1. The second-order valence-corrected chi connectivity index (χ2v) is 11.5. The second kappa shape index (κ2) is 9.44. The molecule has 9 rings (SSSR count). The second-order valence-electron chi connectivity index (χ2n) is 11.5. The first-order chi connectivity index (χ1) is 21.2. The fraction of sp³-hybridized carbons (Fsp3) is 0. The van der Waals surface area contributed by atoms with E-state index in [2.05, 4.69) is 169 Å². The van der Waals surface area contributed by atoms with Gasteiger partial charge in [0.15, 0.2) is 0 Å². The Bertz CT molecular complexity index is 2070. The quantitative estimate of drug-likeness (QED) is 0.214. The highest BCUT2D eigenvalue weighted by atomic mass is 15.2. The van der Waals surface area contributed by atoms with Crippen LogP contribution in [0, 0.1) is 0 Å². The SMILES string of the molecule is C1=C(c2ccc3ccccc3c2)C=C2C=C(c3ccc4ccccc4c3)C=C3C=C(c4ccc5ccccc5c4)C=C1N23. The predicted molar refractivity (Wildman–Crippen MR) is 182 cm³/mol. The van der Waals surface area contributed by atoms with Gasteiger partial charge in [-0.25, -0.2) is 0 Å². The maximum absolute atomic E-state index is 2.39. The van der Waals surface area contributed by atoms with Gasteiger partial charge in [0.05, 0.1) is 0 Å². The van der Waals surface area contributed by atoms with Crippen LogP contribution in [0.25, 0.3) is 49.0 Å². The lowest BCUT2D eigenvalue weighted by molar-refractivity contribution is 0.567. The first kappa shape index (κ1) is 24.0. The molecule has 0 fully saturated rings. The monoisotopic (exact) mass is 545 g/mol. The zero-order chi connectivity index (χ0) is 28.3. The molecular formula is C42H27N. The summed E-state index contributed by atoms with van der Waals surface area (Å²) in [5.74, 6) is 0. The van der Waals surface area contributed by atoms with Crippen molar-refractivity contribution in [1.82, 2.24) is 4.90 Å². The van der Waals surface area contributed by atoms with Crippen LogP contribution in [0.2, 0.25) is 0 Å². The van der Waals surface area contributed by atoms with Gasteiger partial charge in [-0.15, -0.1) is 0 Å². The summed E-state index contributed by atoms with van der Waals surface area (Å²) in [4.78, 5) is 2.39. The van der Waals surface area contributed by atoms with Gasteiger partial charge in [-0.1, -0.05) is 109 Å². The Morgan fingerprint density at radius 2 is 0.581 bits per heavy atom. The smallest absolute Gasteiger partial charge is 0.0474 e. The Labute approximate surface area is 251 Å². The predicted octanol–water partition coefficient (Wildman–Crippen LogP) is 10.7. The summed E-state index contributed by atoms with van der Waals surface area (Å²) in [5.41, 5.74) is 10.9. The lowest BCUT2D eigenvalue weighted by Crippen LogP contribution is -2.26. The third-order valence-electron chi connectivity index (χ3n) is 8.84. The van der Waals surface area contributed by atoms with Crippen molar-refractivity contribution in [2.24, 2.45) is 0 Å². The molecule has 0 aromatic heterocycles. The molecule has 0 saturated heterocycles. The summed E-state index contributed by atoms with van der Waals surface area (Å²) in [6, 6.07) is 46.1. The maximum atomic E-state index is 2.39. The summed E-state index contributed by atoms with van der Waals surface area (Å²) in [6.07, 6.45) is 14.0. The molecule has 0 spiro atoms. The van der Waals surface area contributed by atoms with E-state index in [-0.39, 0.29) is 0 Å². The average molecular weight is 546 g/mol. The molecule has 1 heteroatoms. The molecule has 0 N–H and O–H groups in total. The molecular weight excluding hydrogens is 518 g/mol. The van der Waals surface area contributed by atoms with Crippen molar-refractivity contribution in [1.29, 1.82) is 0 Å². The van der Waals surface area contributed by atoms with E-state index >= 15 is 0 Å². The molecule has 6 aromatic carbocycles. The van der Waals surface area contributed by atoms with E-state index in [1.54, 1.807) is 0 Å². The van der Waals surface area contributed by atoms with Crippen molar-refractivity contribution in [2.45, 2.75) is 0 Å². The van der Waals surface area contributed by atoms with Gasteiger partial charge in [-0.3, -0.25) is 0 Å². The third kappa shape index (κ3) is 4.09. The summed E-state index contributed by atoms with van der Waals surface area (Å²) in [5, 5.41) is 7.55. The number of fused-ring (bicyclic) bond motifs is 3. The molecule has 0 bridgehead atoms. The van der Waals surface area contributed by atoms with E-state index in [0.717, 1.165) is 0 Å². The largest absolute Gasteiger partial charge is 0.310 e. The summed E-state index contributed by atoms with van der Waals surface area (Å²) in [7, 11) is 0. The minimum Gasteiger partial charge on any atom is -0.310 e. The first-order valence-electron chi connectivity index (χ1n) is 14.8. The molecule has 200 valence electrons. The average Bonchev–Trinajstić information content (AvgIpc) is 3.07. The topological polar surface area (TPSA) is 3.24 Å². The van der Waals surface area contributed by atoms with Gasteiger partial charge < -0.3 is 4.90 Å². The lowest BCUT2D eigenvalue weighted by atomic mass is 9.88. The number of rotatable bonds is 3. The molecule has 43 heavy (non-hydrogen) atoms. The van der Waals surface area contributed by atoms with Gasteiger partial charge in [0, 0.05) is 17.1 Å². The van der Waals surface area contributed by atoms with Gasteiger partial charge in [0.25, 0.3) is 0 Å². The Morgan fingerprint density at radius 1 is 0.279 bits per heavy atom. The van der Waals surface area contributed by atoms with Crippen LogP contribution in [0.1, 0.15) is 16.7 Å². The third-order valence-corrected chi connectivity index (χ3v) is 8.84. The van der Waals surface area contributed by atoms with Gasteiger partial charge in [-0.2, -0.15) is 0 Å². The van der Waals surface area contributed by atoms with Crippen LogP contribution in [0.4, 0.5) is 0 Å². The molecule has 6 aromatic rings. The molecule has 3 heterocycles. The fourth-order valence-corrected chi connectivity index (χ4v) is 6.65. The molecule has 0 radical (unpaired) electrons. The van der Waals surface area contributed by atoms with Crippen LogP contribution in [-0.2, 0) is 0 Å². The molecule has 3 aliphatic rings. The van der Waals surface area contributed by atoms with Gasteiger partial charge in [0.1, 0.15) is 0 Å². The normalized spacial score (nSPS) is 15.8. The van der Waals surface area contributed by atoms with Crippen molar-refractivity contribution in [2.75, 3.05) is 0 Å². The van der Waals surface area contributed by atoms with E-state index in [9.17, 15) is 0 Å². The molecule has 0 aliphatic carbocycles. The lowest BCUT2D eigenvalue weighted by Gasteiger charge is -2.37. The van der Waals surface area contributed by atoms with Crippen LogP contribution in [0.5, 0.6) is 0 Å². The van der Waals surface area contributed by atoms with Crippen LogP contribution in [0.3, 0.4) is 0 Å². The van der Waals surface area contributed by atoms with Crippen LogP contribution in [-0.4, -0.2) is 4.90 Å². The Hall–Kier alpha value is -5.66. The fourth-order valence-electron chi connectivity index (χ4n) is 6.65. The molecule has 0 unspecified atom stereocenters. The highest BCUT2D eigenvalue weighted by molar-refractivity contribution is 5.95. The molecule has 0 atom stereocenters. The molecule has 0 saturated carbocycles. The van der Waals surface area contributed by atoms with Crippen molar-refractivity contribution >= 4 is 49.0 Å². The van der Waals surface area contributed by atoms with Crippen LogP contribution >= 0.6 is 0 Å². The molecule has 3 aliphatic heterocycles. The van der Waals surface area contributed by atoms with Gasteiger partial charge >= 0.3 is 0 Å². The van der Waals surface area contributed by atoms with Crippen LogP contribution in [0.15, 0.2) is 181 Å². The number of allylic oxidation sites excluding steroid dienone is 9. The van der Waals surface area contributed by atoms with Gasteiger partial charge in [0.2, 0.25) is 0 Å². The zero-order valence-electron chi connectivity index (χ0n) is 23.5. The zero-order valence-corrected chi connectivity index (χ0v) is 23.5. The molecule has 0 amide bonds. The van der Waals surface area contributed by atoms with Crippen molar-refractivity contribution < 1.29 is 0 Å². The minimum absolute atomic E-state index is 1.19. The van der Waals surface area contributed by atoms with Crippen molar-refractivity contribution in [3.63, 3.8) is 0 Å². The molecule has 1 nitrogen and oxygen atoms in total. The Kier molecular flexibility index (Phi) is 5.27. The van der Waals surface area contributed by atoms with Crippen molar-refractivity contribution in [3.8, 4) is 0 Å². The number of nitrogens with zero attached hydrogens (tertiary/aromatic N) is 1. The van der Waals surface area contributed by atoms with E-state index in [0.29, 0.717) is 0 Å². The van der Waals surface area contributed by atoms with E-state index in [4.69, 9.17) is 0 Å². The number of benzene rings is 6. The summed E-state index contributed by atoms with van der Waals surface area (Å²) in [6.45, 7) is 0. The van der Waals surface area contributed by atoms with Gasteiger partial charge in [-0.05, 0) is 120 Å².